The molecule has 0 amide bonds. The first-order chi connectivity index (χ1) is 7.62. The Morgan fingerprint density at radius 2 is 1.76 bits per heavy atom. The minimum absolute atomic E-state index is 0.171. The Morgan fingerprint density at radius 1 is 1.24 bits per heavy atom. The summed E-state index contributed by atoms with van der Waals surface area (Å²) in [5.74, 6) is 0. The van der Waals surface area contributed by atoms with Crippen molar-refractivity contribution in [3.63, 3.8) is 0 Å². The molecule has 4 nitrogen and oxygen atoms in total. The highest BCUT2D eigenvalue weighted by atomic mass is 32.2. The first kappa shape index (κ1) is 13.7. The normalized spacial score (nSPS) is 13.8. The van der Waals surface area contributed by atoms with Crippen LogP contribution in [0.4, 0.5) is 0 Å². The van der Waals surface area contributed by atoms with Gasteiger partial charge in [-0.05, 0) is 12.1 Å². The van der Waals surface area contributed by atoms with Crippen molar-refractivity contribution in [2.45, 2.75) is 31.2 Å². The van der Waals surface area contributed by atoms with E-state index < -0.39 is 15.4 Å². The van der Waals surface area contributed by atoms with Crippen LogP contribution in [0, 0.1) is 5.21 Å². The fourth-order valence-corrected chi connectivity index (χ4v) is 2.12. The molecule has 0 atom stereocenters. The third kappa shape index (κ3) is 3.56. The monoisotopic (exact) mass is 255 g/mol. The molecule has 0 aromatic heterocycles. The van der Waals surface area contributed by atoms with Crippen molar-refractivity contribution in [2.75, 3.05) is 6.26 Å². The van der Waals surface area contributed by atoms with Gasteiger partial charge in [0.2, 0.25) is 0 Å². The van der Waals surface area contributed by atoms with Crippen LogP contribution in [0.15, 0.2) is 29.2 Å². The van der Waals surface area contributed by atoms with E-state index in [1.165, 1.54) is 12.3 Å². The second-order valence-electron chi connectivity index (χ2n) is 4.94. The molecule has 0 bridgehead atoms. The lowest BCUT2D eigenvalue weighted by atomic mass is 10.1. The highest BCUT2D eigenvalue weighted by Crippen LogP contribution is 2.14. The summed E-state index contributed by atoms with van der Waals surface area (Å²) in [7, 11) is -3.32. The zero-order valence-corrected chi connectivity index (χ0v) is 11.3. The number of hydrogen-bond donors (Lipinski definition) is 0. The number of hydrogen-bond acceptors (Lipinski definition) is 3. The van der Waals surface area contributed by atoms with E-state index in [1.54, 1.807) is 39.0 Å². The van der Waals surface area contributed by atoms with Crippen molar-refractivity contribution in [3.05, 3.63) is 35.0 Å². The fraction of sp³-hybridized carbons (Fsp3) is 0.417. The van der Waals surface area contributed by atoms with Gasteiger partial charge in [-0.15, -0.1) is 0 Å². The Balaban J connectivity index is 3.35. The van der Waals surface area contributed by atoms with Crippen LogP contribution in [-0.2, 0) is 9.84 Å². The van der Waals surface area contributed by atoms with Crippen LogP contribution in [0.25, 0.3) is 0 Å². The third-order valence-electron chi connectivity index (χ3n) is 2.24. The van der Waals surface area contributed by atoms with E-state index >= 15 is 0 Å². The number of benzene rings is 1. The van der Waals surface area contributed by atoms with Crippen LogP contribution in [-0.4, -0.2) is 31.2 Å². The number of nitrogens with zero attached hydrogens (tertiary/aromatic N) is 1. The molecule has 94 valence electrons. The molecule has 0 aliphatic heterocycles. The summed E-state index contributed by atoms with van der Waals surface area (Å²) in [6, 6.07) is 6.46. The summed E-state index contributed by atoms with van der Waals surface area (Å²) in [6.07, 6.45) is 2.45. The zero-order chi connectivity index (χ0) is 13.3. The molecule has 1 aromatic carbocycles. The zero-order valence-electron chi connectivity index (χ0n) is 10.5. The number of hydroxylamine groups is 1. The minimum Gasteiger partial charge on any atom is -0.623 e. The Bertz CT molecular complexity index is 539. The molecule has 0 radical (unpaired) electrons. The molecular weight excluding hydrogens is 238 g/mol. The van der Waals surface area contributed by atoms with E-state index in [2.05, 4.69) is 0 Å². The van der Waals surface area contributed by atoms with Gasteiger partial charge in [0.25, 0.3) is 0 Å². The second kappa shape index (κ2) is 4.49. The molecule has 0 heterocycles. The average Bonchev–Trinajstić information content (AvgIpc) is 2.15. The van der Waals surface area contributed by atoms with E-state index in [0.717, 1.165) is 11.0 Å². The van der Waals surface area contributed by atoms with Crippen LogP contribution in [0.1, 0.15) is 26.3 Å². The van der Waals surface area contributed by atoms with E-state index in [1.807, 2.05) is 0 Å². The van der Waals surface area contributed by atoms with Gasteiger partial charge in [-0.2, -0.15) is 0 Å². The van der Waals surface area contributed by atoms with Gasteiger partial charge in [0.15, 0.2) is 21.6 Å². The molecule has 0 saturated carbocycles. The van der Waals surface area contributed by atoms with Crippen molar-refractivity contribution in [1.82, 2.24) is 0 Å². The summed E-state index contributed by atoms with van der Waals surface area (Å²) in [5.41, 5.74) is -0.176. The summed E-state index contributed by atoms with van der Waals surface area (Å²) >= 11 is 0. The number of sulfone groups is 1. The molecular formula is C12H17NO3S. The van der Waals surface area contributed by atoms with Crippen LogP contribution < -0.4 is 0 Å². The maximum Gasteiger partial charge on any atom is 0.183 e. The van der Waals surface area contributed by atoms with E-state index in [4.69, 9.17) is 0 Å². The quantitative estimate of drug-likeness (QED) is 0.350. The smallest absolute Gasteiger partial charge is 0.183 e. The fourth-order valence-electron chi connectivity index (χ4n) is 1.24. The van der Waals surface area contributed by atoms with E-state index in [-0.39, 0.29) is 4.90 Å². The Morgan fingerprint density at radius 3 is 2.24 bits per heavy atom. The first-order valence-corrected chi connectivity index (χ1v) is 7.12. The van der Waals surface area contributed by atoms with Gasteiger partial charge >= 0.3 is 0 Å². The van der Waals surface area contributed by atoms with Crippen molar-refractivity contribution in [2.24, 2.45) is 0 Å². The highest BCUT2D eigenvalue weighted by molar-refractivity contribution is 7.90. The first-order valence-electron chi connectivity index (χ1n) is 5.23. The van der Waals surface area contributed by atoms with Gasteiger partial charge in [0, 0.05) is 27.0 Å². The van der Waals surface area contributed by atoms with Crippen LogP contribution in [0.5, 0.6) is 0 Å². The Labute approximate surface area is 102 Å². The molecule has 0 N–H and O–H groups in total. The molecule has 1 aromatic rings. The Kier molecular flexibility index (Phi) is 3.62. The molecule has 0 saturated heterocycles. The van der Waals surface area contributed by atoms with Gasteiger partial charge in [-0.25, -0.2) is 13.2 Å². The van der Waals surface area contributed by atoms with E-state index in [0.29, 0.717) is 5.56 Å². The lowest BCUT2D eigenvalue weighted by Crippen LogP contribution is -2.29. The molecule has 0 aliphatic rings. The molecule has 0 unspecified atom stereocenters. The summed E-state index contributed by atoms with van der Waals surface area (Å²) < 4.78 is 23.8. The third-order valence-corrected chi connectivity index (χ3v) is 3.41. The summed E-state index contributed by atoms with van der Waals surface area (Å²) in [4.78, 5) is 0.171. The molecule has 5 heteroatoms. The molecule has 0 fully saturated rings. The van der Waals surface area contributed by atoms with Crippen LogP contribution in [0.3, 0.4) is 0 Å². The van der Waals surface area contributed by atoms with Crippen LogP contribution in [0.2, 0.25) is 0 Å². The molecule has 17 heavy (non-hydrogen) atoms. The minimum atomic E-state index is -3.32. The van der Waals surface area contributed by atoms with Crippen molar-refractivity contribution in [1.29, 1.82) is 0 Å². The topological polar surface area (TPSA) is 60.2 Å². The van der Waals surface area contributed by atoms with Gasteiger partial charge in [0.1, 0.15) is 0 Å². The summed E-state index contributed by atoms with van der Waals surface area (Å²) in [6.45, 7) is 5.29. The van der Waals surface area contributed by atoms with Gasteiger partial charge in [-0.1, -0.05) is 12.1 Å². The van der Waals surface area contributed by atoms with E-state index in [9.17, 15) is 13.6 Å². The SMILES string of the molecule is CC(C)(C)/[N+]([O-])=C/c1ccccc1S(C)(=O)=O. The van der Waals surface area contributed by atoms with Crippen molar-refractivity contribution < 1.29 is 13.2 Å². The highest BCUT2D eigenvalue weighted by Gasteiger charge is 2.20. The van der Waals surface area contributed by atoms with Gasteiger partial charge in [-0.3, -0.25) is 0 Å². The standard InChI is InChI=1S/C12H17NO3S/c1-12(2,3)13(14)9-10-7-5-6-8-11(10)17(4,15)16/h5-9H,1-4H3/b13-9-. The number of rotatable bonds is 2. The molecule has 0 spiro atoms. The van der Waals surface area contributed by atoms with Crippen LogP contribution >= 0.6 is 0 Å². The van der Waals surface area contributed by atoms with Gasteiger partial charge < -0.3 is 5.21 Å². The van der Waals surface area contributed by atoms with Crippen molar-refractivity contribution in [3.8, 4) is 0 Å². The summed E-state index contributed by atoms with van der Waals surface area (Å²) in [5, 5.41) is 11.8. The lowest BCUT2D eigenvalue weighted by molar-refractivity contribution is -0.530. The molecule has 1 rings (SSSR count). The Hall–Kier alpha value is -1.36. The maximum atomic E-state index is 11.8. The maximum absolute atomic E-state index is 11.8. The average molecular weight is 255 g/mol. The predicted octanol–water partition coefficient (Wildman–Crippen LogP) is 1.82. The lowest BCUT2D eigenvalue weighted by Gasteiger charge is -2.18. The van der Waals surface area contributed by atoms with Crippen molar-refractivity contribution >= 4 is 16.1 Å². The van der Waals surface area contributed by atoms with Gasteiger partial charge in [0.05, 0.1) is 10.5 Å². The predicted molar refractivity (Wildman–Crippen MR) is 68.1 cm³/mol. The molecule has 0 aliphatic carbocycles. The second-order valence-corrected chi connectivity index (χ2v) is 6.92. The largest absolute Gasteiger partial charge is 0.623 e.